The van der Waals surface area contributed by atoms with Crippen LogP contribution in [0.15, 0.2) is 12.5 Å². The van der Waals surface area contributed by atoms with Gasteiger partial charge in [-0.05, 0) is 19.1 Å². The molecule has 104 valence electrons. The summed E-state index contributed by atoms with van der Waals surface area (Å²) in [6.07, 6.45) is 9.94. The van der Waals surface area contributed by atoms with Crippen LogP contribution >= 0.6 is 11.8 Å². The molecule has 0 amide bonds. The molecule has 0 aliphatic heterocycles. The molecule has 0 aromatic carbocycles. The highest BCUT2D eigenvalue weighted by Gasteiger charge is 2.32. The summed E-state index contributed by atoms with van der Waals surface area (Å²) in [4.78, 5) is 18.9. The third-order valence-corrected chi connectivity index (χ3v) is 5.13. The molecule has 1 aliphatic rings. The second-order valence-electron chi connectivity index (χ2n) is 4.89. The van der Waals surface area contributed by atoms with Crippen LogP contribution in [0.5, 0.6) is 0 Å². The number of hydrogen-bond acceptors (Lipinski definition) is 5. The first kappa shape index (κ1) is 14.3. The number of nitrogens with one attached hydrogen (secondary N) is 1. The van der Waals surface area contributed by atoms with E-state index < -0.39 is 5.97 Å². The summed E-state index contributed by atoms with van der Waals surface area (Å²) in [5.74, 6) is -0.974. The zero-order valence-electron chi connectivity index (χ0n) is 11.1. The van der Waals surface area contributed by atoms with Crippen molar-refractivity contribution in [1.29, 1.82) is 0 Å². The van der Waals surface area contributed by atoms with Gasteiger partial charge in [0.25, 0.3) is 0 Å². The SMILES string of the molecule is CSC1(CNCc2ncncc2C(=O)O)CCCC1. The average molecular weight is 281 g/mol. The van der Waals surface area contributed by atoms with Crippen LogP contribution in [-0.2, 0) is 6.54 Å². The van der Waals surface area contributed by atoms with Gasteiger partial charge in [-0.15, -0.1) is 0 Å². The normalized spacial score (nSPS) is 17.5. The minimum atomic E-state index is -0.974. The van der Waals surface area contributed by atoms with E-state index in [9.17, 15) is 4.79 Å². The number of rotatable bonds is 6. The van der Waals surface area contributed by atoms with Gasteiger partial charge in [-0.1, -0.05) is 12.8 Å². The van der Waals surface area contributed by atoms with Gasteiger partial charge in [-0.3, -0.25) is 0 Å². The third kappa shape index (κ3) is 3.45. The summed E-state index contributed by atoms with van der Waals surface area (Å²) in [7, 11) is 0. The van der Waals surface area contributed by atoms with Crippen molar-refractivity contribution in [3.63, 3.8) is 0 Å². The number of aromatic carboxylic acids is 1. The molecule has 1 heterocycles. The van der Waals surface area contributed by atoms with Crippen molar-refractivity contribution in [3.05, 3.63) is 23.8 Å². The van der Waals surface area contributed by atoms with E-state index in [-0.39, 0.29) is 5.56 Å². The Morgan fingerprint density at radius 2 is 2.26 bits per heavy atom. The standard InChI is InChI=1S/C13H19N3O2S/c1-19-13(4-2-3-5-13)8-14-7-11-10(12(17)18)6-15-9-16-11/h6,9,14H,2-5,7-8H2,1H3,(H,17,18). The number of aromatic nitrogens is 2. The molecule has 2 rings (SSSR count). The molecule has 5 nitrogen and oxygen atoms in total. The predicted molar refractivity (Wildman–Crippen MR) is 75.4 cm³/mol. The lowest BCUT2D eigenvalue weighted by atomic mass is 10.1. The van der Waals surface area contributed by atoms with Crippen LogP contribution in [0.25, 0.3) is 0 Å². The molecule has 0 bridgehead atoms. The largest absolute Gasteiger partial charge is 0.478 e. The summed E-state index contributed by atoms with van der Waals surface area (Å²) >= 11 is 1.91. The first-order valence-corrected chi connectivity index (χ1v) is 7.67. The molecule has 0 atom stereocenters. The summed E-state index contributed by atoms with van der Waals surface area (Å²) < 4.78 is 0.316. The van der Waals surface area contributed by atoms with E-state index in [4.69, 9.17) is 5.11 Å². The fraction of sp³-hybridized carbons (Fsp3) is 0.615. The van der Waals surface area contributed by atoms with E-state index in [1.807, 2.05) is 11.8 Å². The fourth-order valence-electron chi connectivity index (χ4n) is 2.56. The summed E-state index contributed by atoms with van der Waals surface area (Å²) in [6.45, 7) is 1.38. The molecule has 6 heteroatoms. The quantitative estimate of drug-likeness (QED) is 0.830. The Morgan fingerprint density at radius 3 is 2.89 bits per heavy atom. The highest BCUT2D eigenvalue weighted by molar-refractivity contribution is 8.00. The molecule has 0 unspecified atom stereocenters. The number of thioether (sulfide) groups is 1. The lowest BCUT2D eigenvalue weighted by Gasteiger charge is -2.27. The van der Waals surface area contributed by atoms with Crippen LogP contribution in [0.2, 0.25) is 0 Å². The van der Waals surface area contributed by atoms with Crippen LogP contribution < -0.4 is 5.32 Å². The van der Waals surface area contributed by atoms with Gasteiger partial charge in [0.2, 0.25) is 0 Å². The van der Waals surface area contributed by atoms with Gasteiger partial charge < -0.3 is 10.4 Å². The van der Waals surface area contributed by atoms with Crippen LogP contribution in [0, 0.1) is 0 Å². The first-order chi connectivity index (χ1) is 9.17. The predicted octanol–water partition coefficient (Wildman–Crippen LogP) is 1.94. The number of carboxylic acids is 1. The molecular weight excluding hydrogens is 262 g/mol. The number of carboxylic acid groups (broad SMARTS) is 1. The average Bonchev–Trinajstić information content (AvgIpc) is 2.88. The van der Waals surface area contributed by atoms with E-state index in [0.717, 1.165) is 6.54 Å². The van der Waals surface area contributed by atoms with E-state index in [2.05, 4.69) is 21.5 Å². The molecular formula is C13H19N3O2S. The summed E-state index contributed by atoms with van der Waals surface area (Å²) in [5.41, 5.74) is 0.733. The zero-order valence-corrected chi connectivity index (χ0v) is 11.9. The van der Waals surface area contributed by atoms with Crippen molar-refractivity contribution >= 4 is 17.7 Å². The maximum absolute atomic E-state index is 11.0. The molecule has 19 heavy (non-hydrogen) atoms. The van der Waals surface area contributed by atoms with Crippen molar-refractivity contribution in [2.24, 2.45) is 0 Å². The molecule has 0 radical (unpaired) electrons. The van der Waals surface area contributed by atoms with Crippen LogP contribution in [-0.4, -0.2) is 38.6 Å². The Morgan fingerprint density at radius 1 is 1.53 bits per heavy atom. The fourth-order valence-corrected chi connectivity index (χ4v) is 3.50. The molecule has 1 aliphatic carbocycles. The highest BCUT2D eigenvalue weighted by Crippen LogP contribution is 2.39. The molecule has 0 saturated heterocycles. The van der Waals surface area contributed by atoms with E-state index in [1.54, 1.807) is 0 Å². The molecule has 0 spiro atoms. The third-order valence-electron chi connectivity index (χ3n) is 3.71. The maximum Gasteiger partial charge on any atom is 0.339 e. The summed E-state index contributed by atoms with van der Waals surface area (Å²) in [5, 5.41) is 12.4. The molecule has 1 aromatic heterocycles. The van der Waals surface area contributed by atoms with Gasteiger partial charge in [-0.25, -0.2) is 14.8 Å². The van der Waals surface area contributed by atoms with Crippen LogP contribution in [0.1, 0.15) is 41.7 Å². The van der Waals surface area contributed by atoms with Crippen molar-refractivity contribution in [3.8, 4) is 0 Å². The molecule has 1 fully saturated rings. The number of carbonyl (C=O) groups is 1. The lowest BCUT2D eigenvalue weighted by Crippen LogP contribution is -2.35. The van der Waals surface area contributed by atoms with Gasteiger partial charge in [0.1, 0.15) is 11.9 Å². The molecule has 1 saturated carbocycles. The van der Waals surface area contributed by atoms with E-state index >= 15 is 0 Å². The van der Waals surface area contributed by atoms with Gasteiger partial charge >= 0.3 is 5.97 Å². The second kappa shape index (κ2) is 6.34. The van der Waals surface area contributed by atoms with Gasteiger partial charge in [0, 0.05) is 24.0 Å². The number of nitrogens with zero attached hydrogens (tertiary/aromatic N) is 2. The van der Waals surface area contributed by atoms with E-state index in [1.165, 1.54) is 38.2 Å². The van der Waals surface area contributed by atoms with Gasteiger partial charge in [0.15, 0.2) is 0 Å². The molecule has 2 N–H and O–H groups in total. The van der Waals surface area contributed by atoms with Crippen LogP contribution in [0.4, 0.5) is 0 Å². The highest BCUT2D eigenvalue weighted by atomic mass is 32.2. The number of hydrogen-bond donors (Lipinski definition) is 2. The first-order valence-electron chi connectivity index (χ1n) is 6.45. The van der Waals surface area contributed by atoms with E-state index in [0.29, 0.717) is 17.0 Å². The Balaban J connectivity index is 1.94. The lowest BCUT2D eigenvalue weighted by molar-refractivity contribution is 0.0694. The maximum atomic E-state index is 11.0. The second-order valence-corrected chi connectivity index (χ2v) is 6.16. The Hall–Kier alpha value is -1.14. The van der Waals surface area contributed by atoms with Crippen LogP contribution in [0.3, 0.4) is 0 Å². The van der Waals surface area contributed by atoms with Crippen molar-refractivity contribution < 1.29 is 9.90 Å². The zero-order chi connectivity index (χ0) is 13.7. The van der Waals surface area contributed by atoms with Crippen molar-refractivity contribution in [2.45, 2.75) is 37.0 Å². The molecule has 1 aromatic rings. The minimum absolute atomic E-state index is 0.180. The summed E-state index contributed by atoms with van der Waals surface area (Å²) in [6, 6.07) is 0. The van der Waals surface area contributed by atoms with Crippen molar-refractivity contribution in [2.75, 3.05) is 12.8 Å². The topological polar surface area (TPSA) is 75.1 Å². The van der Waals surface area contributed by atoms with Gasteiger partial charge in [0.05, 0.1) is 5.69 Å². The van der Waals surface area contributed by atoms with Crippen molar-refractivity contribution in [1.82, 2.24) is 15.3 Å². The Bertz CT molecular complexity index is 447. The monoisotopic (exact) mass is 281 g/mol. The van der Waals surface area contributed by atoms with Gasteiger partial charge in [-0.2, -0.15) is 11.8 Å². The smallest absolute Gasteiger partial charge is 0.339 e. The Kier molecular flexibility index (Phi) is 4.76. The minimum Gasteiger partial charge on any atom is -0.478 e. The Labute approximate surface area is 117 Å².